The first kappa shape index (κ1) is 18.0. The minimum atomic E-state index is -0.653. The second-order valence-corrected chi connectivity index (χ2v) is 6.03. The van der Waals surface area contributed by atoms with E-state index in [1.54, 1.807) is 0 Å². The maximum Gasteiger partial charge on any atom is 0.407 e. The Bertz CT molecular complexity index is 541. The van der Waals surface area contributed by atoms with E-state index >= 15 is 0 Å². The molecule has 0 radical (unpaired) electrons. The van der Waals surface area contributed by atoms with Crippen molar-refractivity contribution < 1.29 is 28.6 Å². The number of amides is 1. The van der Waals surface area contributed by atoms with Crippen molar-refractivity contribution in [2.45, 2.75) is 19.8 Å². The van der Waals surface area contributed by atoms with Crippen molar-refractivity contribution in [1.29, 1.82) is 0 Å². The molecule has 2 aliphatic rings. The standard InChI is InChI=1S/C17H23NO6/c1-11(2)15(19)22-6-5-18-17(21)24-8-7-23-16(20)14-10-12-3-4-13(14)9-12/h3-4,12-14H,1,5-10H2,2H3,(H,18,21). The summed E-state index contributed by atoms with van der Waals surface area (Å²) in [5.41, 5.74) is 0.297. The number of fused-ring (bicyclic) bond motifs is 2. The third kappa shape index (κ3) is 5.11. The molecule has 0 spiro atoms. The zero-order valence-electron chi connectivity index (χ0n) is 13.8. The summed E-state index contributed by atoms with van der Waals surface area (Å²) in [6.45, 7) is 5.17. The van der Waals surface area contributed by atoms with Crippen LogP contribution in [-0.2, 0) is 23.8 Å². The van der Waals surface area contributed by atoms with Crippen LogP contribution in [0.4, 0.5) is 4.79 Å². The highest BCUT2D eigenvalue weighted by Gasteiger charge is 2.40. The van der Waals surface area contributed by atoms with E-state index in [1.807, 2.05) is 0 Å². The number of ether oxygens (including phenoxy) is 3. The van der Waals surface area contributed by atoms with Gasteiger partial charge in [0.25, 0.3) is 0 Å². The van der Waals surface area contributed by atoms with E-state index < -0.39 is 12.1 Å². The predicted octanol–water partition coefficient (Wildman–Crippen LogP) is 1.59. The van der Waals surface area contributed by atoms with Crippen LogP contribution >= 0.6 is 0 Å². The molecule has 1 N–H and O–H groups in total. The van der Waals surface area contributed by atoms with Crippen LogP contribution in [0.2, 0.25) is 0 Å². The molecule has 0 aliphatic heterocycles. The largest absolute Gasteiger partial charge is 0.462 e. The van der Waals surface area contributed by atoms with Gasteiger partial charge in [-0.2, -0.15) is 0 Å². The Kier molecular flexibility index (Phi) is 6.40. The number of hydrogen-bond donors (Lipinski definition) is 1. The van der Waals surface area contributed by atoms with E-state index in [0.29, 0.717) is 17.4 Å². The summed E-state index contributed by atoms with van der Waals surface area (Å²) in [6.07, 6.45) is 5.49. The number of rotatable bonds is 8. The van der Waals surface area contributed by atoms with Crippen molar-refractivity contribution in [3.63, 3.8) is 0 Å². The lowest BCUT2D eigenvalue weighted by atomic mass is 9.94. The summed E-state index contributed by atoms with van der Waals surface area (Å²) in [4.78, 5) is 34.4. The quantitative estimate of drug-likeness (QED) is 0.238. The molecule has 1 saturated carbocycles. The van der Waals surface area contributed by atoms with E-state index in [1.165, 1.54) is 6.92 Å². The highest BCUT2D eigenvalue weighted by Crippen LogP contribution is 2.43. The van der Waals surface area contributed by atoms with Crippen molar-refractivity contribution in [3.8, 4) is 0 Å². The van der Waals surface area contributed by atoms with Gasteiger partial charge in [-0.05, 0) is 31.6 Å². The van der Waals surface area contributed by atoms with E-state index in [-0.39, 0.29) is 38.3 Å². The second kappa shape index (κ2) is 8.52. The Morgan fingerprint density at radius 3 is 2.46 bits per heavy atom. The normalized spacial score (nSPS) is 23.6. The maximum absolute atomic E-state index is 11.9. The van der Waals surface area contributed by atoms with E-state index in [4.69, 9.17) is 14.2 Å². The zero-order valence-corrected chi connectivity index (χ0v) is 13.8. The highest BCUT2D eigenvalue weighted by molar-refractivity contribution is 5.86. The number of alkyl carbamates (subject to hydrolysis) is 1. The lowest BCUT2D eigenvalue weighted by molar-refractivity contribution is -0.150. The number of hydrogen-bond acceptors (Lipinski definition) is 6. The number of allylic oxidation sites excluding steroid dienone is 2. The average molecular weight is 337 g/mol. The third-order valence-corrected chi connectivity index (χ3v) is 4.10. The minimum absolute atomic E-state index is 0.0141. The molecule has 1 fully saturated rings. The van der Waals surface area contributed by atoms with E-state index in [2.05, 4.69) is 24.0 Å². The lowest BCUT2D eigenvalue weighted by Gasteiger charge is -2.16. The van der Waals surface area contributed by atoms with Crippen LogP contribution in [0, 0.1) is 17.8 Å². The molecule has 0 aromatic heterocycles. The van der Waals surface area contributed by atoms with Crippen molar-refractivity contribution in [2.75, 3.05) is 26.4 Å². The van der Waals surface area contributed by atoms with Gasteiger partial charge in [0.2, 0.25) is 0 Å². The van der Waals surface area contributed by atoms with Crippen LogP contribution in [-0.4, -0.2) is 44.4 Å². The molecule has 1 amide bonds. The van der Waals surface area contributed by atoms with Crippen molar-refractivity contribution in [1.82, 2.24) is 5.32 Å². The van der Waals surface area contributed by atoms with Gasteiger partial charge in [0, 0.05) is 5.57 Å². The highest BCUT2D eigenvalue weighted by atomic mass is 16.6. The Morgan fingerprint density at radius 1 is 1.08 bits per heavy atom. The number of carbonyl (C=O) groups excluding carboxylic acids is 3. The summed E-state index contributed by atoms with van der Waals surface area (Å²) in [5, 5.41) is 2.42. The van der Waals surface area contributed by atoms with Crippen LogP contribution in [0.25, 0.3) is 0 Å². The predicted molar refractivity (Wildman–Crippen MR) is 84.9 cm³/mol. The van der Waals surface area contributed by atoms with E-state index in [0.717, 1.165) is 12.8 Å². The van der Waals surface area contributed by atoms with Gasteiger partial charge in [0.05, 0.1) is 12.5 Å². The van der Waals surface area contributed by atoms with Crippen LogP contribution in [0.3, 0.4) is 0 Å². The van der Waals surface area contributed by atoms with Crippen LogP contribution < -0.4 is 5.32 Å². The summed E-state index contributed by atoms with van der Waals surface area (Å²) >= 11 is 0. The fraction of sp³-hybridized carbons (Fsp3) is 0.588. The van der Waals surface area contributed by atoms with Crippen molar-refractivity contribution >= 4 is 18.0 Å². The molecule has 24 heavy (non-hydrogen) atoms. The van der Waals surface area contributed by atoms with Gasteiger partial charge in [-0.3, -0.25) is 4.79 Å². The van der Waals surface area contributed by atoms with Crippen molar-refractivity contribution in [3.05, 3.63) is 24.3 Å². The number of esters is 2. The van der Waals surface area contributed by atoms with Gasteiger partial charge in [-0.15, -0.1) is 0 Å². The van der Waals surface area contributed by atoms with Gasteiger partial charge in [0.1, 0.15) is 19.8 Å². The fourth-order valence-corrected chi connectivity index (χ4v) is 2.91. The molecule has 3 atom stereocenters. The third-order valence-electron chi connectivity index (χ3n) is 4.10. The molecule has 0 saturated heterocycles. The molecule has 0 aromatic rings. The summed E-state index contributed by atoms with van der Waals surface area (Å²) < 4.78 is 14.8. The molecule has 7 heteroatoms. The molecular weight excluding hydrogens is 314 g/mol. The molecule has 2 bridgehead atoms. The Hall–Kier alpha value is -2.31. The van der Waals surface area contributed by atoms with Crippen molar-refractivity contribution in [2.24, 2.45) is 17.8 Å². The monoisotopic (exact) mass is 337 g/mol. The van der Waals surface area contributed by atoms with Crippen LogP contribution in [0.1, 0.15) is 19.8 Å². The van der Waals surface area contributed by atoms with Crippen LogP contribution in [0.5, 0.6) is 0 Å². The van der Waals surface area contributed by atoms with Gasteiger partial charge in [-0.25, -0.2) is 9.59 Å². The topological polar surface area (TPSA) is 90.9 Å². The molecule has 2 rings (SSSR count). The Balaban J connectivity index is 1.49. The van der Waals surface area contributed by atoms with Crippen LogP contribution in [0.15, 0.2) is 24.3 Å². The summed E-state index contributed by atoms with van der Waals surface area (Å²) in [6, 6.07) is 0. The summed E-state index contributed by atoms with van der Waals surface area (Å²) in [7, 11) is 0. The maximum atomic E-state index is 11.9. The first-order valence-corrected chi connectivity index (χ1v) is 8.05. The lowest BCUT2D eigenvalue weighted by Crippen LogP contribution is -2.30. The number of nitrogens with one attached hydrogen (secondary N) is 1. The van der Waals surface area contributed by atoms with E-state index in [9.17, 15) is 14.4 Å². The van der Waals surface area contributed by atoms with Gasteiger partial charge < -0.3 is 19.5 Å². The van der Waals surface area contributed by atoms with Gasteiger partial charge in [0.15, 0.2) is 0 Å². The Morgan fingerprint density at radius 2 is 1.83 bits per heavy atom. The SMILES string of the molecule is C=C(C)C(=O)OCCNC(=O)OCCOC(=O)C1CC2C=CC1C2. The first-order valence-electron chi connectivity index (χ1n) is 8.05. The Labute approximate surface area is 141 Å². The summed E-state index contributed by atoms with van der Waals surface area (Å²) in [5.74, 6) is 0.0223. The molecule has 132 valence electrons. The zero-order chi connectivity index (χ0) is 17.5. The van der Waals surface area contributed by atoms with Gasteiger partial charge in [-0.1, -0.05) is 18.7 Å². The molecule has 3 unspecified atom stereocenters. The first-order chi connectivity index (χ1) is 11.5. The number of carbonyl (C=O) groups is 3. The average Bonchev–Trinajstić information content (AvgIpc) is 3.18. The molecule has 0 heterocycles. The molecule has 2 aliphatic carbocycles. The molecular formula is C17H23NO6. The molecule has 7 nitrogen and oxygen atoms in total. The minimum Gasteiger partial charge on any atom is -0.462 e. The van der Waals surface area contributed by atoms with Gasteiger partial charge >= 0.3 is 18.0 Å². The second-order valence-electron chi connectivity index (χ2n) is 6.03. The molecule has 0 aromatic carbocycles. The fourth-order valence-electron chi connectivity index (χ4n) is 2.91. The smallest absolute Gasteiger partial charge is 0.407 e.